The van der Waals surface area contributed by atoms with Crippen molar-refractivity contribution in [3.05, 3.63) is 47.3 Å². The maximum Gasteiger partial charge on any atom is 0.253 e. The highest BCUT2D eigenvalue weighted by atomic mass is 32.2. The van der Waals surface area contributed by atoms with Gasteiger partial charge >= 0.3 is 0 Å². The molecule has 0 aliphatic carbocycles. The minimum Gasteiger partial charge on any atom is -0.489 e. The molecule has 6 nitrogen and oxygen atoms in total. The third kappa shape index (κ3) is 5.97. The normalized spacial score (nSPS) is 15.4. The van der Waals surface area contributed by atoms with E-state index in [4.69, 9.17) is 4.74 Å². The molecule has 3 rings (SSSR count). The van der Waals surface area contributed by atoms with Crippen LogP contribution in [0.4, 0.5) is 0 Å². The fourth-order valence-corrected chi connectivity index (χ4v) is 3.76. The van der Waals surface area contributed by atoms with E-state index in [0.29, 0.717) is 11.3 Å². The number of carbonyl (C=O) groups is 1. The van der Waals surface area contributed by atoms with Gasteiger partial charge in [0.25, 0.3) is 5.91 Å². The van der Waals surface area contributed by atoms with Crippen molar-refractivity contribution in [3.63, 3.8) is 0 Å². The molecule has 2 heterocycles. The number of thioether (sulfide) groups is 2. The summed E-state index contributed by atoms with van der Waals surface area (Å²) in [5, 5.41) is 4.28. The van der Waals surface area contributed by atoms with Gasteiger partial charge in [0, 0.05) is 22.9 Å². The predicted molar refractivity (Wildman–Crippen MR) is 111 cm³/mol. The second-order valence-corrected chi connectivity index (χ2v) is 8.66. The number of carbonyl (C=O) groups excluding carboxylic acids is 1. The summed E-state index contributed by atoms with van der Waals surface area (Å²) >= 11 is 3.20. The summed E-state index contributed by atoms with van der Waals surface area (Å²) < 4.78 is 5.80. The number of hydrogen-bond donors (Lipinski definition) is 1. The Labute approximate surface area is 167 Å². The maximum atomic E-state index is 12.2. The van der Waals surface area contributed by atoms with Crippen LogP contribution in [0.15, 0.2) is 40.6 Å². The van der Waals surface area contributed by atoms with Gasteiger partial charge in [-0.3, -0.25) is 4.79 Å². The van der Waals surface area contributed by atoms with Gasteiger partial charge in [0.1, 0.15) is 11.9 Å². The van der Waals surface area contributed by atoms with Crippen LogP contribution >= 0.6 is 23.5 Å². The lowest BCUT2D eigenvalue weighted by Crippen LogP contribution is -2.30. The summed E-state index contributed by atoms with van der Waals surface area (Å²) in [7, 11) is 0. The van der Waals surface area contributed by atoms with Gasteiger partial charge in [-0.25, -0.2) is 15.4 Å². The van der Waals surface area contributed by atoms with Crippen molar-refractivity contribution in [3.8, 4) is 5.75 Å². The molecule has 0 bridgehead atoms. The highest BCUT2D eigenvalue weighted by molar-refractivity contribution is 8.00. The third-order valence-corrected chi connectivity index (χ3v) is 5.97. The first-order chi connectivity index (χ1) is 13.0. The second-order valence-electron chi connectivity index (χ2n) is 6.27. The summed E-state index contributed by atoms with van der Waals surface area (Å²) in [6, 6.07) is 9.57. The number of nitrogens with one attached hydrogen (secondary N) is 1. The first-order valence-electron chi connectivity index (χ1n) is 8.66. The Bertz CT molecular complexity index is 803. The molecule has 0 spiro atoms. The highest BCUT2D eigenvalue weighted by Gasteiger charge is 2.19. The standard InChI is InChI=1S/C19H22N4O2S2/c1-12-8-13(2)22-19(21-12)27-14(3)18(24)23-20-9-15-4-6-16(7-5-15)25-17-10-26-11-17/h4-9,14,17H,10-11H2,1-3H3,(H,23,24). The number of aryl methyl sites for hydroxylation is 2. The molecule has 1 saturated heterocycles. The lowest BCUT2D eigenvalue weighted by atomic mass is 10.2. The topological polar surface area (TPSA) is 76.5 Å². The van der Waals surface area contributed by atoms with E-state index in [0.717, 1.165) is 34.2 Å². The minimum atomic E-state index is -0.348. The number of hydrogen-bond acceptors (Lipinski definition) is 7. The van der Waals surface area contributed by atoms with Gasteiger partial charge in [-0.15, -0.1) is 0 Å². The first-order valence-corrected chi connectivity index (χ1v) is 10.7. The van der Waals surface area contributed by atoms with E-state index in [1.54, 1.807) is 13.1 Å². The maximum absolute atomic E-state index is 12.2. The molecule has 142 valence electrons. The van der Waals surface area contributed by atoms with Crippen molar-refractivity contribution in [1.29, 1.82) is 0 Å². The van der Waals surface area contributed by atoms with E-state index in [9.17, 15) is 4.79 Å². The predicted octanol–water partition coefficient (Wildman–Crippen LogP) is 3.22. The van der Waals surface area contributed by atoms with Crippen LogP contribution in [-0.4, -0.2) is 44.9 Å². The molecule has 1 aromatic carbocycles. The average molecular weight is 403 g/mol. The van der Waals surface area contributed by atoms with Gasteiger partial charge in [0.15, 0.2) is 5.16 Å². The first kappa shape index (κ1) is 19.7. The van der Waals surface area contributed by atoms with Crippen LogP contribution in [0.25, 0.3) is 0 Å². The lowest BCUT2D eigenvalue weighted by Gasteiger charge is -2.25. The van der Waals surface area contributed by atoms with E-state index in [-0.39, 0.29) is 11.2 Å². The Morgan fingerprint density at radius 3 is 2.56 bits per heavy atom. The average Bonchev–Trinajstić information content (AvgIpc) is 2.58. The monoisotopic (exact) mass is 402 g/mol. The van der Waals surface area contributed by atoms with Crippen LogP contribution in [0.5, 0.6) is 5.75 Å². The molecule has 8 heteroatoms. The molecule has 0 radical (unpaired) electrons. The summed E-state index contributed by atoms with van der Waals surface area (Å²) in [5.41, 5.74) is 5.23. The molecule has 2 aromatic rings. The highest BCUT2D eigenvalue weighted by Crippen LogP contribution is 2.24. The van der Waals surface area contributed by atoms with Gasteiger partial charge < -0.3 is 4.74 Å². The molecule has 1 fully saturated rings. The fourth-order valence-electron chi connectivity index (χ4n) is 2.33. The van der Waals surface area contributed by atoms with E-state index in [2.05, 4.69) is 20.5 Å². The Morgan fingerprint density at radius 1 is 1.30 bits per heavy atom. The van der Waals surface area contributed by atoms with Crippen LogP contribution in [0.3, 0.4) is 0 Å². The zero-order chi connectivity index (χ0) is 19.2. The van der Waals surface area contributed by atoms with Crippen molar-refractivity contribution in [2.45, 2.75) is 37.3 Å². The van der Waals surface area contributed by atoms with Crippen molar-refractivity contribution in [2.24, 2.45) is 5.10 Å². The number of aromatic nitrogens is 2. The SMILES string of the molecule is Cc1cc(C)nc(SC(C)C(=O)NN=Cc2ccc(OC3CSC3)cc2)n1. The van der Waals surface area contributed by atoms with E-state index < -0.39 is 0 Å². The minimum absolute atomic E-state index is 0.193. The number of amides is 1. The number of rotatable bonds is 7. The zero-order valence-corrected chi connectivity index (χ0v) is 17.1. The molecule has 1 aliphatic heterocycles. The van der Waals surface area contributed by atoms with Gasteiger partial charge in [0.05, 0.1) is 11.5 Å². The van der Waals surface area contributed by atoms with Crippen molar-refractivity contribution < 1.29 is 9.53 Å². The fraction of sp³-hybridized carbons (Fsp3) is 0.368. The lowest BCUT2D eigenvalue weighted by molar-refractivity contribution is -0.120. The second kappa shape index (κ2) is 9.23. The molecular weight excluding hydrogens is 380 g/mol. The van der Waals surface area contributed by atoms with Crippen molar-refractivity contribution in [1.82, 2.24) is 15.4 Å². The van der Waals surface area contributed by atoms with Crippen LogP contribution in [-0.2, 0) is 4.79 Å². The summed E-state index contributed by atoms with van der Waals surface area (Å²) in [6.45, 7) is 5.63. The number of hydrazone groups is 1. The van der Waals surface area contributed by atoms with Gasteiger partial charge in [0.2, 0.25) is 0 Å². The number of ether oxygens (including phenoxy) is 1. The van der Waals surface area contributed by atoms with Crippen molar-refractivity contribution in [2.75, 3.05) is 11.5 Å². The molecular formula is C19H22N4O2S2. The van der Waals surface area contributed by atoms with E-state index >= 15 is 0 Å². The van der Waals surface area contributed by atoms with Gasteiger partial charge in [-0.1, -0.05) is 11.8 Å². The van der Waals surface area contributed by atoms with Crippen LogP contribution in [0, 0.1) is 13.8 Å². The Kier molecular flexibility index (Phi) is 6.73. The van der Waals surface area contributed by atoms with E-state index in [1.165, 1.54) is 11.8 Å². The van der Waals surface area contributed by atoms with Crippen molar-refractivity contribution >= 4 is 35.6 Å². The Morgan fingerprint density at radius 2 is 1.96 bits per heavy atom. The molecule has 1 atom stereocenters. The Balaban J connectivity index is 1.48. The van der Waals surface area contributed by atoms with Crippen LogP contribution < -0.4 is 10.2 Å². The molecule has 27 heavy (non-hydrogen) atoms. The summed E-state index contributed by atoms with van der Waals surface area (Å²) in [5.74, 6) is 2.78. The molecule has 0 saturated carbocycles. The quantitative estimate of drug-likeness (QED) is 0.332. The molecule has 1 aromatic heterocycles. The van der Waals surface area contributed by atoms with E-state index in [1.807, 2.05) is 55.9 Å². The van der Waals surface area contributed by atoms with Gasteiger partial charge in [-0.05, 0) is 56.7 Å². The smallest absolute Gasteiger partial charge is 0.253 e. The Hall–Kier alpha value is -2.06. The number of benzene rings is 1. The zero-order valence-electron chi connectivity index (χ0n) is 15.5. The van der Waals surface area contributed by atoms with Gasteiger partial charge in [-0.2, -0.15) is 16.9 Å². The number of nitrogens with zero attached hydrogens (tertiary/aromatic N) is 3. The van der Waals surface area contributed by atoms with Crippen LogP contribution in [0.2, 0.25) is 0 Å². The molecule has 1 N–H and O–H groups in total. The third-order valence-electron chi connectivity index (χ3n) is 3.79. The summed E-state index contributed by atoms with van der Waals surface area (Å²) in [4.78, 5) is 20.9. The molecule has 1 unspecified atom stereocenters. The van der Waals surface area contributed by atoms with Crippen LogP contribution in [0.1, 0.15) is 23.9 Å². The summed E-state index contributed by atoms with van der Waals surface area (Å²) in [6.07, 6.45) is 1.94. The molecule has 1 aliphatic rings. The largest absolute Gasteiger partial charge is 0.489 e. The molecule has 1 amide bonds.